The predicted octanol–water partition coefficient (Wildman–Crippen LogP) is 1.25. The molecule has 0 atom stereocenters. The average molecular weight is 274 g/mol. The van der Waals surface area contributed by atoms with Crippen LogP contribution in [0.2, 0.25) is 0 Å². The molecule has 104 valence electrons. The van der Waals surface area contributed by atoms with Crippen molar-refractivity contribution in [3.63, 3.8) is 0 Å². The molecule has 0 amide bonds. The number of hydrazone groups is 1. The molecule has 0 unspecified atom stereocenters. The van der Waals surface area contributed by atoms with Gasteiger partial charge in [-0.15, -0.1) is 11.6 Å². The van der Waals surface area contributed by atoms with Crippen molar-refractivity contribution in [2.75, 3.05) is 20.1 Å². The number of halogens is 1. The topological polar surface area (TPSA) is 43.1 Å². The van der Waals surface area contributed by atoms with Gasteiger partial charge in [0, 0.05) is 31.5 Å². The lowest BCUT2D eigenvalue weighted by Crippen LogP contribution is -3.08. The first-order valence-corrected chi connectivity index (χ1v) is 7.51. The van der Waals surface area contributed by atoms with Crippen molar-refractivity contribution in [2.45, 2.75) is 49.9 Å². The molecule has 2 fully saturated rings. The number of hydrogen-bond acceptors (Lipinski definition) is 3. The predicted molar refractivity (Wildman–Crippen MR) is 74.9 cm³/mol. The molecule has 0 radical (unpaired) electrons. The van der Waals surface area contributed by atoms with Gasteiger partial charge in [0.15, 0.2) is 0 Å². The van der Waals surface area contributed by atoms with Crippen molar-refractivity contribution in [1.82, 2.24) is 5.01 Å². The highest BCUT2D eigenvalue weighted by Crippen LogP contribution is 2.26. The van der Waals surface area contributed by atoms with Gasteiger partial charge in [0.05, 0.1) is 19.1 Å². The van der Waals surface area contributed by atoms with E-state index in [1.807, 2.05) is 7.05 Å². The zero-order valence-corrected chi connectivity index (χ0v) is 11.9. The number of alkyl halides is 1. The number of piperidine rings is 1. The molecule has 2 aliphatic rings. The van der Waals surface area contributed by atoms with Gasteiger partial charge in [-0.3, -0.25) is 5.01 Å². The molecule has 1 saturated heterocycles. The van der Waals surface area contributed by atoms with Crippen LogP contribution in [0.15, 0.2) is 5.10 Å². The minimum absolute atomic E-state index is 0.372. The van der Waals surface area contributed by atoms with E-state index in [0.29, 0.717) is 22.4 Å². The van der Waals surface area contributed by atoms with Crippen molar-refractivity contribution in [2.24, 2.45) is 11.0 Å². The fourth-order valence-electron chi connectivity index (χ4n) is 2.82. The van der Waals surface area contributed by atoms with Gasteiger partial charge >= 0.3 is 0 Å². The molecule has 1 N–H and O–H groups in total. The Bertz CT molecular complexity index is 271. The Kier molecular flexibility index (Phi) is 5.27. The third-order valence-electron chi connectivity index (χ3n) is 4.20. The monoisotopic (exact) mass is 273 g/mol. The summed E-state index contributed by atoms with van der Waals surface area (Å²) >= 11 is 6.09. The van der Waals surface area contributed by atoms with Crippen LogP contribution in [0.25, 0.3) is 0 Å². The number of hydrogen-bond donors (Lipinski definition) is 1. The quantitative estimate of drug-likeness (QED) is 0.364. The SMILES string of the molecule is CN(N=CC1CCC(Cl)CC1)C1CC[NH+]([O-])CC1. The van der Waals surface area contributed by atoms with Gasteiger partial charge in [0.25, 0.3) is 0 Å². The zero-order chi connectivity index (χ0) is 13.0. The van der Waals surface area contributed by atoms with Gasteiger partial charge in [-0.2, -0.15) is 5.10 Å². The van der Waals surface area contributed by atoms with Crippen LogP contribution < -0.4 is 5.06 Å². The van der Waals surface area contributed by atoms with E-state index in [1.165, 1.54) is 0 Å². The summed E-state index contributed by atoms with van der Waals surface area (Å²) in [5.74, 6) is 0.590. The Morgan fingerprint density at radius 1 is 1.17 bits per heavy atom. The third kappa shape index (κ3) is 4.11. The molecule has 2 rings (SSSR count). The molecule has 0 spiro atoms. The van der Waals surface area contributed by atoms with Crippen LogP contribution in [0, 0.1) is 11.1 Å². The molecule has 0 bridgehead atoms. The van der Waals surface area contributed by atoms with Crippen molar-refractivity contribution >= 4 is 17.8 Å². The molecule has 1 saturated carbocycles. The molecule has 0 aromatic rings. The Morgan fingerprint density at radius 2 is 1.78 bits per heavy atom. The maximum Gasteiger partial charge on any atom is 0.0788 e. The highest BCUT2D eigenvalue weighted by molar-refractivity contribution is 6.20. The van der Waals surface area contributed by atoms with Crippen LogP contribution >= 0.6 is 11.6 Å². The van der Waals surface area contributed by atoms with Crippen LogP contribution in [-0.4, -0.2) is 42.8 Å². The van der Waals surface area contributed by atoms with E-state index in [0.717, 1.165) is 51.6 Å². The van der Waals surface area contributed by atoms with Crippen molar-refractivity contribution in [3.8, 4) is 0 Å². The van der Waals surface area contributed by atoms with E-state index in [9.17, 15) is 5.21 Å². The maximum atomic E-state index is 11.2. The van der Waals surface area contributed by atoms with Crippen LogP contribution in [0.1, 0.15) is 38.5 Å². The van der Waals surface area contributed by atoms with E-state index < -0.39 is 0 Å². The summed E-state index contributed by atoms with van der Waals surface area (Å²) in [4.78, 5) is 0. The summed E-state index contributed by atoms with van der Waals surface area (Å²) in [6.45, 7) is 1.45. The standard InChI is InChI=1S/C13H24ClN3O/c1-16(13-6-8-17(18)9-7-13)15-10-11-2-4-12(14)5-3-11/h10-13,17H,2-9H2,1H3. The normalized spacial score (nSPS) is 37.9. The average Bonchev–Trinajstić information content (AvgIpc) is 2.38. The highest BCUT2D eigenvalue weighted by Gasteiger charge is 2.22. The summed E-state index contributed by atoms with van der Waals surface area (Å²) in [5, 5.41) is 18.6. The number of nitrogens with one attached hydrogen (secondary N) is 1. The van der Waals surface area contributed by atoms with Gasteiger partial charge in [-0.1, -0.05) is 0 Å². The lowest BCUT2D eigenvalue weighted by Gasteiger charge is -2.35. The number of quaternary nitrogens is 1. The Balaban J connectivity index is 1.74. The zero-order valence-electron chi connectivity index (χ0n) is 11.1. The van der Waals surface area contributed by atoms with E-state index in [1.54, 1.807) is 0 Å². The van der Waals surface area contributed by atoms with Gasteiger partial charge in [-0.05, 0) is 31.6 Å². The Hall–Kier alpha value is -0.320. The highest BCUT2D eigenvalue weighted by atomic mass is 35.5. The van der Waals surface area contributed by atoms with Crippen LogP contribution in [0.4, 0.5) is 0 Å². The number of nitrogens with zero attached hydrogens (tertiary/aromatic N) is 2. The Labute approximate surface area is 115 Å². The molecular weight excluding hydrogens is 250 g/mol. The third-order valence-corrected chi connectivity index (χ3v) is 4.64. The lowest BCUT2D eigenvalue weighted by molar-refractivity contribution is -0.854. The summed E-state index contributed by atoms with van der Waals surface area (Å²) < 4.78 is 0. The van der Waals surface area contributed by atoms with Gasteiger partial charge in [-0.25, -0.2) is 0 Å². The van der Waals surface area contributed by atoms with Gasteiger partial charge < -0.3 is 10.3 Å². The largest absolute Gasteiger partial charge is 0.634 e. The first-order valence-electron chi connectivity index (χ1n) is 7.08. The van der Waals surface area contributed by atoms with Crippen LogP contribution in [0.5, 0.6) is 0 Å². The van der Waals surface area contributed by atoms with Crippen molar-refractivity contribution in [3.05, 3.63) is 5.21 Å². The minimum atomic E-state index is 0.372. The maximum absolute atomic E-state index is 11.2. The molecule has 1 aliphatic heterocycles. The second-order valence-electron chi connectivity index (χ2n) is 5.62. The van der Waals surface area contributed by atoms with E-state index in [4.69, 9.17) is 11.6 Å². The van der Waals surface area contributed by atoms with Crippen molar-refractivity contribution in [1.29, 1.82) is 0 Å². The summed E-state index contributed by atoms with van der Waals surface area (Å²) in [5.41, 5.74) is 0. The fraction of sp³-hybridized carbons (Fsp3) is 0.923. The molecule has 1 heterocycles. The summed E-state index contributed by atoms with van der Waals surface area (Å²) in [6, 6.07) is 0.448. The smallest absolute Gasteiger partial charge is 0.0788 e. The number of rotatable bonds is 3. The molecular formula is C13H24ClN3O. The molecule has 5 heteroatoms. The fourth-order valence-corrected chi connectivity index (χ4v) is 3.07. The van der Waals surface area contributed by atoms with Gasteiger partial charge in [0.2, 0.25) is 0 Å². The Morgan fingerprint density at radius 3 is 2.39 bits per heavy atom. The molecule has 0 aromatic carbocycles. The van der Waals surface area contributed by atoms with E-state index >= 15 is 0 Å². The second kappa shape index (κ2) is 6.73. The lowest BCUT2D eigenvalue weighted by atomic mass is 9.90. The first kappa shape index (κ1) is 14.1. The number of hydroxylamine groups is 2. The van der Waals surface area contributed by atoms with Gasteiger partial charge in [0.1, 0.15) is 0 Å². The van der Waals surface area contributed by atoms with E-state index in [2.05, 4.69) is 16.3 Å². The molecule has 1 aliphatic carbocycles. The molecule has 0 aromatic heterocycles. The molecule has 4 nitrogen and oxygen atoms in total. The summed E-state index contributed by atoms with van der Waals surface area (Å²) in [7, 11) is 2.03. The minimum Gasteiger partial charge on any atom is -0.634 e. The van der Waals surface area contributed by atoms with E-state index in [-0.39, 0.29) is 0 Å². The van der Waals surface area contributed by atoms with Crippen molar-refractivity contribution < 1.29 is 5.06 Å². The molecule has 18 heavy (non-hydrogen) atoms. The first-order chi connectivity index (χ1) is 8.65. The second-order valence-corrected chi connectivity index (χ2v) is 6.24. The summed E-state index contributed by atoms with van der Waals surface area (Å²) in [6.07, 6.45) is 8.56. The van der Waals surface area contributed by atoms with Crippen LogP contribution in [-0.2, 0) is 0 Å². The van der Waals surface area contributed by atoms with Crippen LogP contribution in [0.3, 0.4) is 0 Å².